The summed E-state index contributed by atoms with van der Waals surface area (Å²) >= 11 is 0. The lowest BCUT2D eigenvalue weighted by Gasteiger charge is -2.09. The van der Waals surface area contributed by atoms with Crippen LogP contribution in [0.4, 0.5) is 17.1 Å². The number of esters is 1. The van der Waals surface area contributed by atoms with E-state index in [2.05, 4.69) is 5.32 Å². The van der Waals surface area contributed by atoms with Crippen molar-refractivity contribution in [3.05, 3.63) is 63.7 Å². The Morgan fingerprint density at radius 3 is 2.57 bits per heavy atom. The maximum Gasteiger partial charge on any atom is 0.338 e. The van der Waals surface area contributed by atoms with Crippen molar-refractivity contribution in [2.75, 3.05) is 11.9 Å². The fraction of sp³-hybridized carbons (Fsp3) is 0.125. The van der Waals surface area contributed by atoms with Gasteiger partial charge in [0.15, 0.2) is 0 Å². The van der Waals surface area contributed by atoms with Crippen molar-refractivity contribution in [2.24, 2.45) is 0 Å². The molecule has 2 aromatic rings. The topological polar surface area (TPSA) is 105 Å². The van der Waals surface area contributed by atoms with Crippen LogP contribution in [0, 0.1) is 21.4 Å². The van der Waals surface area contributed by atoms with Gasteiger partial charge in [-0.15, -0.1) is 0 Å². The molecule has 0 fully saturated rings. The zero-order valence-electron chi connectivity index (χ0n) is 12.3. The average Bonchev–Trinajstić information content (AvgIpc) is 2.56. The molecule has 0 atom stereocenters. The number of anilines is 2. The van der Waals surface area contributed by atoms with Crippen molar-refractivity contribution in [1.29, 1.82) is 5.26 Å². The summed E-state index contributed by atoms with van der Waals surface area (Å²) in [5.41, 5.74) is 1.52. The summed E-state index contributed by atoms with van der Waals surface area (Å²) < 4.78 is 4.89. The van der Waals surface area contributed by atoms with Crippen molar-refractivity contribution in [3.63, 3.8) is 0 Å². The minimum absolute atomic E-state index is 0.148. The summed E-state index contributed by atoms with van der Waals surface area (Å²) in [5, 5.41) is 22.8. The van der Waals surface area contributed by atoms with Crippen LogP contribution in [-0.2, 0) is 4.74 Å². The molecule has 1 N–H and O–H groups in total. The number of nitrogens with zero attached hydrogens (tertiary/aromatic N) is 2. The largest absolute Gasteiger partial charge is 0.462 e. The second-order valence-corrected chi connectivity index (χ2v) is 4.52. The van der Waals surface area contributed by atoms with Crippen LogP contribution in [0.15, 0.2) is 42.5 Å². The van der Waals surface area contributed by atoms with E-state index in [1.54, 1.807) is 31.2 Å². The minimum Gasteiger partial charge on any atom is -0.462 e. The van der Waals surface area contributed by atoms with Crippen LogP contribution in [0.3, 0.4) is 0 Å². The Morgan fingerprint density at radius 2 is 2.00 bits per heavy atom. The first kappa shape index (κ1) is 16.0. The van der Waals surface area contributed by atoms with E-state index >= 15 is 0 Å². The second-order valence-electron chi connectivity index (χ2n) is 4.52. The number of carbonyl (C=O) groups excluding carboxylic acids is 1. The molecule has 0 spiro atoms. The van der Waals surface area contributed by atoms with E-state index in [-0.39, 0.29) is 11.3 Å². The van der Waals surface area contributed by atoms with Gasteiger partial charge in [0.2, 0.25) is 0 Å². The highest BCUT2D eigenvalue weighted by atomic mass is 16.6. The Morgan fingerprint density at radius 1 is 1.30 bits per heavy atom. The highest BCUT2D eigenvalue weighted by Crippen LogP contribution is 2.25. The van der Waals surface area contributed by atoms with Crippen LogP contribution in [0.1, 0.15) is 22.8 Å². The Kier molecular flexibility index (Phi) is 4.89. The molecular formula is C16H13N3O4. The van der Waals surface area contributed by atoms with Gasteiger partial charge in [-0.3, -0.25) is 10.1 Å². The molecule has 0 bridgehead atoms. The zero-order valence-corrected chi connectivity index (χ0v) is 12.3. The third-order valence-corrected chi connectivity index (χ3v) is 3.01. The third-order valence-electron chi connectivity index (χ3n) is 3.01. The number of nitro groups is 1. The lowest BCUT2D eigenvalue weighted by molar-refractivity contribution is -0.384. The van der Waals surface area contributed by atoms with Gasteiger partial charge in [0.05, 0.1) is 28.3 Å². The normalized spacial score (nSPS) is 9.74. The zero-order chi connectivity index (χ0) is 16.8. The molecule has 0 saturated heterocycles. The minimum atomic E-state index is -0.557. The monoisotopic (exact) mass is 311 g/mol. The number of ether oxygens (including phenoxy) is 1. The van der Waals surface area contributed by atoms with Gasteiger partial charge in [0.25, 0.3) is 5.69 Å². The number of benzene rings is 2. The third kappa shape index (κ3) is 3.83. The smallest absolute Gasteiger partial charge is 0.338 e. The highest BCUT2D eigenvalue weighted by Gasteiger charge is 2.11. The van der Waals surface area contributed by atoms with E-state index in [4.69, 9.17) is 10.00 Å². The molecule has 0 aliphatic heterocycles. The van der Waals surface area contributed by atoms with Crippen molar-refractivity contribution in [2.45, 2.75) is 6.92 Å². The Labute approximate surface area is 132 Å². The lowest BCUT2D eigenvalue weighted by atomic mass is 10.1. The number of nitriles is 1. The van der Waals surface area contributed by atoms with Crippen LogP contribution in [0.5, 0.6) is 0 Å². The SMILES string of the molecule is CCOC(=O)c1ccc(Nc2ccc([N+](=O)[O-])cc2C#N)cc1. The summed E-state index contributed by atoms with van der Waals surface area (Å²) in [6, 6.07) is 12.4. The van der Waals surface area contributed by atoms with Crippen LogP contribution in [0.25, 0.3) is 0 Å². The summed E-state index contributed by atoms with van der Waals surface area (Å²) in [7, 11) is 0. The summed E-state index contributed by atoms with van der Waals surface area (Å²) in [4.78, 5) is 21.7. The fourth-order valence-corrected chi connectivity index (χ4v) is 1.91. The van der Waals surface area contributed by atoms with Crippen molar-refractivity contribution < 1.29 is 14.5 Å². The van der Waals surface area contributed by atoms with Gasteiger partial charge >= 0.3 is 5.97 Å². The molecule has 0 aliphatic carbocycles. The molecule has 0 saturated carbocycles. The van der Waals surface area contributed by atoms with Gasteiger partial charge in [-0.25, -0.2) is 4.79 Å². The van der Waals surface area contributed by atoms with Crippen LogP contribution < -0.4 is 5.32 Å². The Bertz CT molecular complexity index is 779. The Hall–Kier alpha value is -3.40. The first-order valence-corrected chi connectivity index (χ1v) is 6.78. The van der Waals surface area contributed by atoms with E-state index in [0.717, 1.165) is 0 Å². The van der Waals surface area contributed by atoms with E-state index in [0.29, 0.717) is 23.5 Å². The molecule has 0 amide bonds. The van der Waals surface area contributed by atoms with Crippen LogP contribution >= 0.6 is 0 Å². The highest BCUT2D eigenvalue weighted by molar-refractivity contribution is 5.90. The molecule has 0 aromatic heterocycles. The molecule has 0 aliphatic rings. The molecule has 7 heteroatoms. The van der Waals surface area contributed by atoms with Crippen LogP contribution in [-0.4, -0.2) is 17.5 Å². The predicted octanol–water partition coefficient (Wildman–Crippen LogP) is 3.39. The number of non-ortho nitro benzene ring substituents is 1. The predicted molar refractivity (Wildman–Crippen MR) is 83.5 cm³/mol. The molecule has 116 valence electrons. The number of nitro benzene ring substituents is 1. The van der Waals surface area contributed by atoms with E-state index in [1.165, 1.54) is 18.2 Å². The first-order valence-electron chi connectivity index (χ1n) is 6.78. The van der Waals surface area contributed by atoms with E-state index in [1.807, 2.05) is 6.07 Å². The van der Waals surface area contributed by atoms with E-state index < -0.39 is 10.9 Å². The van der Waals surface area contributed by atoms with Gasteiger partial charge < -0.3 is 10.1 Å². The molecular weight excluding hydrogens is 298 g/mol. The maximum absolute atomic E-state index is 11.6. The number of hydrogen-bond acceptors (Lipinski definition) is 6. The van der Waals surface area contributed by atoms with Gasteiger partial charge in [-0.05, 0) is 37.3 Å². The maximum atomic E-state index is 11.6. The standard InChI is InChI=1S/C16H13N3O4/c1-2-23-16(20)11-3-5-13(6-4-11)18-15-8-7-14(19(21)22)9-12(15)10-17/h3-9,18H,2H2,1H3. The molecule has 0 unspecified atom stereocenters. The number of rotatable bonds is 5. The summed E-state index contributed by atoms with van der Waals surface area (Å²) in [5.74, 6) is -0.410. The molecule has 7 nitrogen and oxygen atoms in total. The van der Waals surface area contributed by atoms with Crippen molar-refractivity contribution in [1.82, 2.24) is 0 Å². The van der Waals surface area contributed by atoms with Gasteiger partial charge in [0.1, 0.15) is 6.07 Å². The van der Waals surface area contributed by atoms with Gasteiger partial charge in [-0.1, -0.05) is 0 Å². The molecule has 0 radical (unpaired) electrons. The van der Waals surface area contributed by atoms with E-state index in [9.17, 15) is 14.9 Å². The van der Waals surface area contributed by atoms with Crippen molar-refractivity contribution >= 4 is 23.0 Å². The summed E-state index contributed by atoms with van der Waals surface area (Å²) in [6.45, 7) is 2.03. The second kappa shape index (κ2) is 7.04. The number of hydrogen-bond donors (Lipinski definition) is 1. The lowest BCUT2D eigenvalue weighted by Crippen LogP contribution is -2.04. The first-order chi connectivity index (χ1) is 11.0. The molecule has 2 rings (SSSR count). The average molecular weight is 311 g/mol. The number of nitrogens with one attached hydrogen (secondary N) is 1. The molecule has 23 heavy (non-hydrogen) atoms. The van der Waals surface area contributed by atoms with Crippen LogP contribution in [0.2, 0.25) is 0 Å². The van der Waals surface area contributed by atoms with Gasteiger partial charge in [-0.2, -0.15) is 5.26 Å². The quantitative estimate of drug-likeness (QED) is 0.515. The van der Waals surface area contributed by atoms with Gasteiger partial charge in [0, 0.05) is 17.8 Å². The molecule has 2 aromatic carbocycles. The summed E-state index contributed by atoms with van der Waals surface area (Å²) in [6.07, 6.45) is 0. The fourth-order valence-electron chi connectivity index (χ4n) is 1.91. The molecule has 0 heterocycles. The van der Waals surface area contributed by atoms with Crippen molar-refractivity contribution in [3.8, 4) is 6.07 Å². The number of carbonyl (C=O) groups is 1. The Balaban J connectivity index is 2.21.